The van der Waals surface area contributed by atoms with Crippen LogP contribution in [-0.2, 0) is 4.74 Å². The van der Waals surface area contributed by atoms with Gasteiger partial charge in [-0.25, -0.2) is 4.98 Å². The first-order chi connectivity index (χ1) is 11.2. The van der Waals surface area contributed by atoms with E-state index in [1.807, 2.05) is 6.92 Å². The van der Waals surface area contributed by atoms with E-state index in [-0.39, 0.29) is 17.1 Å². The number of nitrogens with zero attached hydrogens (tertiary/aromatic N) is 1. The minimum Gasteiger partial charge on any atom is -0.446 e. The first-order valence-corrected chi connectivity index (χ1v) is 9.75. The molecule has 1 aromatic rings. The zero-order valence-corrected chi connectivity index (χ0v) is 17.0. The van der Waals surface area contributed by atoms with E-state index in [0.29, 0.717) is 11.8 Å². The van der Waals surface area contributed by atoms with Gasteiger partial charge in [0.2, 0.25) is 5.89 Å². The van der Waals surface area contributed by atoms with Gasteiger partial charge < -0.3 is 9.15 Å². The maximum atomic E-state index is 6.41. The van der Waals surface area contributed by atoms with Crippen LogP contribution in [0.25, 0.3) is 0 Å². The molecule has 2 atom stereocenters. The average Bonchev–Trinajstić information content (AvgIpc) is 2.98. The van der Waals surface area contributed by atoms with E-state index in [1.165, 1.54) is 44.9 Å². The monoisotopic (exact) mass is 337 g/mol. The molecule has 140 valence electrons. The smallest absolute Gasteiger partial charge is 0.222 e. The third-order valence-corrected chi connectivity index (χ3v) is 5.01. The van der Waals surface area contributed by atoms with Crippen molar-refractivity contribution in [1.29, 1.82) is 0 Å². The Morgan fingerprint density at radius 3 is 2.21 bits per heavy atom. The van der Waals surface area contributed by atoms with Crippen molar-refractivity contribution in [3.63, 3.8) is 0 Å². The summed E-state index contributed by atoms with van der Waals surface area (Å²) >= 11 is 0. The van der Waals surface area contributed by atoms with E-state index in [9.17, 15) is 0 Å². The Bertz CT molecular complexity index is 431. The number of ether oxygens (including phenoxy) is 1. The van der Waals surface area contributed by atoms with E-state index < -0.39 is 0 Å². The Hall–Kier alpha value is -0.830. The number of oxazole rings is 1. The van der Waals surface area contributed by atoms with Gasteiger partial charge in [0.05, 0.1) is 11.8 Å². The molecule has 0 aliphatic rings. The fourth-order valence-corrected chi connectivity index (χ4v) is 3.98. The van der Waals surface area contributed by atoms with Crippen molar-refractivity contribution >= 4 is 0 Å². The van der Waals surface area contributed by atoms with Gasteiger partial charge in [0.15, 0.2) is 0 Å². The van der Waals surface area contributed by atoms with Crippen LogP contribution >= 0.6 is 0 Å². The predicted molar refractivity (Wildman–Crippen MR) is 101 cm³/mol. The molecule has 0 aromatic carbocycles. The van der Waals surface area contributed by atoms with Crippen molar-refractivity contribution in [3.05, 3.63) is 18.4 Å². The fraction of sp³-hybridized carbons (Fsp3) is 0.857. The minimum atomic E-state index is -0.213. The first-order valence-electron chi connectivity index (χ1n) is 9.75. The van der Waals surface area contributed by atoms with Crippen LogP contribution in [0.3, 0.4) is 0 Å². The highest BCUT2D eigenvalue weighted by atomic mass is 16.5. The average molecular weight is 338 g/mol. The normalized spacial score (nSPS) is 15.5. The van der Waals surface area contributed by atoms with Gasteiger partial charge in [-0.2, -0.15) is 0 Å². The van der Waals surface area contributed by atoms with Crippen LogP contribution in [0.5, 0.6) is 0 Å². The lowest BCUT2D eigenvalue weighted by molar-refractivity contribution is -0.135. The maximum Gasteiger partial charge on any atom is 0.222 e. The molecule has 0 aliphatic heterocycles. The van der Waals surface area contributed by atoms with Gasteiger partial charge >= 0.3 is 0 Å². The summed E-state index contributed by atoms with van der Waals surface area (Å²) in [6.07, 6.45) is 12.4. The number of aromatic nitrogens is 1. The predicted octanol–water partition coefficient (Wildman–Crippen LogP) is 6.94. The van der Waals surface area contributed by atoms with E-state index in [1.54, 1.807) is 12.5 Å². The number of hydrogen-bond donors (Lipinski definition) is 0. The summed E-state index contributed by atoms with van der Waals surface area (Å²) in [4.78, 5) is 4.23. The molecule has 2 unspecified atom stereocenters. The molecular formula is C21H39NO2. The minimum absolute atomic E-state index is 0.121. The second kappa shape index (κ2) is 9.60. The van der Waals surface area contributed by atoms with Gasteiger partial charge in [-0.05, 0) is 38.5 Å². The number of rotatable bonds is 11. The first kappa shape index (κ1) is 21.2. The fourth-order valence-electron chi connectivity index (χ4n) is 3.98. The molecule has 0 saturated carbocycles. The summed E-state index contributed by atoms with van der Waals surface area (Å²) in [5.74, 6) is 1.16. The van der Waals surface area contributed by atoms with Gasteiger partial charge in [-0.3, -0.25) is 0 Å². The van der Waals surface area contributed by atoms with Crippen LogP contribution in [0.2, 0.25) is 0 Å². The topological polar surface area (TPSA) is 35.3 Å². The summed E-state index contributed by atoms with van der Waals surface area (Å²) in [5.41, 5.74) is -0.00120. The van der Waals surface area contributed by atoms with Crippen LogP contribution in [0.1, 0.15) is 105 Å². The van der Waals surface area contributed by atoms with Crippen LogP contribution < -0.4 is 0 Å². The molecule has 0 spiro atoms. The highest BCUT2D eigenvalue weighted by Gasteiger charge is 2.39. The van der Waals surface area contributed by atoms with Crippen LogP contribution in [0, 0.1) is 11.3 Å². The molecule has 0 radical (unpaired) electrons. The number of hydrogen-bond acceptors (Lipinski definition) is 3. The molecule has 0 saturated heterocycles. The highest BCUT2D eigenvalue weighted by molar-refractivity contribution is 4.91. The van der Waals surface area contributed by atoms with Crippen molar-refractivity contribution in [1.82, 2.24) is 4.98 Å². The SMILES string of the molecule is CCCCCCCCC(C(C)(C)C)C(C)(C)OC(C)c1ncco1. The van der Waals surface area contributed by atoms with E-state index in [0.717, 1.165) is 0 Å². The highest BCUT2D eigenvalue weighted by Crippen LogP contribution is 2.42. The van der Waals surface area contributed by atoms with E-state index in [2.05, 4.69) is 46.5 Å². The molecule has 1 aromatic heterocycles. The van der Waals surface area contributed by atoms with Gasteiger partial charge in [0, 0.05) is 0 Å². The van der Waals surface area contributed by atoms with Crippen molar-refractivity contribution < 1.29 is 9.15 Å². The lowest BCUT2D eigenvalue weighted by Gasteiger charge is -2.44. The molecule has 0 bridgehead atoms. The zero-order chi connectivity index (χ0) is 18.2. The standard InChI is InChI=1S/C21H39NO2/c1-8-9-10-11-12-13-14-18(20(3,4)5)21(6,7)24-17(2)19-22-15-16-23-19/h15-18H,8-14H2,1-7H3. The molecule has 1 rings (SSSR count). The largest absolute Gasteiger partial charge is 0.446 e. The Labute approximate surface area is 149 Å². The van der Waals surface area contributed by atoms with E-state index >= 15 is 0 Å². The summed E-state index contributed by atoms with van der Waals surface area (Å²) < 4.78 is 11.8. The molecule has 0 N–H and O–H groups in total. The lowest BCUT2D eigenvalue weighted by Crippen LogP contribution is -2.42. The van der Waals surface area contributed by atoms with Gasteiger partial charge in [-0.1, -0.05) is 66.2 Å². The third kappa shape index (κ3) is 6.96. The molecule has 3 nitrogen and oxygen atoms in total. The summed E-state index contributed by atoms with van der Waals surface area (Å²) in [5, 5.41) is 0. The Morgan fingerprint density at radius 1 is 1.04 bits per heavy atom. The molecule has 3 heteroatoms. The Kier molecular flexibility index (Phi) is 8.49. The molecule has 24 heavy (non-hydrogen) atoms. The van der Waals surface area contributed by atoms with Gasteiger partial charge in [-0.15, -0.1) is 0 Å². The molecular weight excluding hydrogens is 298 g/mol. The second-order valence-corrected chi connectivity index (χ2v) is 8.71. The van der Waals surface area contributed by atoms with Crippen molar-refractivity contribution in [3.8, 4) is 0 Å². The van der Waals surface area contributed by atoms with Gasteiger partial charge in [0.25, 0.3) is 0 Å². The molecule has 1 heterocycles. The van der Waals surface area contributed by atoms with E-state index in [4.69, 9.17) is 9.15 Å². The third-order valence-electron chi connectivity index (χ3n) is 5.01. The van der Waals surface area contributed by atoms with Crippen molar-refractivity contribution in [2.75, 3.05) is 0 Å². The van der Waals surface area contributed by atoms with Crippen LogP contribution in [0.4, 0.5) is 0 Å². The summed E-state index contributed by atoms with van der Waals surface area (Å²) in [7, 11) is 0. The summed E-state index contributed by atoms with van der Waals surface area (Å²) in [6.45, 7) is 15.7. The number of unbranched alkanes of at least 4 members (excludes halogenated alkanes) is 5. The Morgan fingerprint density at radius 2 is 1.67 bits per heavy atom. The molecule has 0 fully saturated rings. The van der Waals surface area contributed by atoms with Crippen LogP contribution in [0.15, 0.2) is 16.9 Å². The summed E-state index contributed by atoms with van der Waals surface area (Å²) in [6, 6.07) is 0. The van der Waals surface area contributed by atoms with Crippen LogP contribution in [-0.4, -0.2) is 10.6 Å². The molecule has 0 aliphatic carbocycles. The Balaban J connectivity index is 2.61. The van der Waals surface area contributed by atoms with Crippen molar-refractivity contribution in [2.24, 2.45) is 11.3 Å². The quantitative estimate of drug-likeness (QED) is 0.410. The second-order valence-electron chi connectivity index (χ2n) is 8.71. The van der Waals surface area contributed by atoms with Crippen molar-refractivity contribution in [2.45, 2.75) is 105 Å². The zero-order valence-electron chi connectivity index (χ0n) is 17.0. The lowest BCUT2D eigenvalue weighted by atomic mass is 9.69. The maximum absolute atomic E-state index is 6.41. The van der Waals surface area contributed by atoms with Gasteiger partial charge in [0.1, 0.15) is 12.4 Å². The molecule has 0 amide bonds.